The molecule has 1 saturated heterocycles. The van der Waals surface area contributed by atoms with Gasteiger partial charge in [-0.1, -0.05) is 17.7 Å². The van der Waals surface area contributed by atoms with Crippen LogP contribution in [-0.2, 0) is 0 Å². The van der Waals surface area contributed by atoms with Crippen molar-refractivity contribution in [2.24, 2.45) is 0 Å². The highest BCUT2D eigenvalue weighted by atomic mass is 35.5. The molecular weight excluding hydrogens is 404 g/mol. The molecule has 4 rings (SSSR count). The van der Waals surface area contributed by atoms with Gasteiger partial charge < -0.3 is 19.9 Å². The van der Waals surface area contributed by atoms with Crippen molar-refractivity contribution in [2.75, 3.05) is 13.2 Å². The van der Waals surface area contributed by atoms with E-state index in [-0.39, 0.29) is 18.7 Å². The topological polar surface area (TPSA) is 53.3 Å². The number of nitrogens with zero attached hydrogens (tertiary/aromatic N) is 3. The number of pyridine rings is 1. The average Bonchev–Trinajstić information content (AvgIpc) is 3.33. The second-order valence-corrected chi connectivity index (χ2v) is 7.93. The summed E-state index contributed by atoms with van der Waals surface area (Å²) in [6.45, 7) is 2.80. The van der Waals surface area contributed by atoms with Gasteiger partial charge in [0, 0.05) is 41.9 Å². The Bertz CT molecular complexity index is 1010. The molecule has 29 heavy (non-hydrogen) atoms. The minimum Gasteiger partial charge on any atom is -0.396 e. The minimum atomic E-state index is -0.0792. The molecule has 2 atom stereocenters. The number of halogens is 1. The van der Waals surface area contributed by atoms with E-state index in [4.69, 9.17) is 23.8 Å². The third-order valence-corrected chi connectivity index (χ3v) is 6.03. The summed E-state index contributed by atoms with van der Waals surface area (Å²) >= 11 is 11.9. The highest BCUT2D eigenvalue weighted by Crippen LogP contribution is 2.39. The summed E-state index contributed by atoms with van der Waals surface area (Å²) in [5.74, 6) is 0. The maximum atomic E-state index is 9.38. The van der Waals surface area contributed by atoms with Gasteiger partial charge in [-0.15, -0.1) is 0 Å². The lowest BCUT2D eigenvalue weighted by Gasteiger charge is -2.29. The molecule has 150 valence electrons. The average molecular weight is 427 g/mol. The maximum Gasteiger partial charge on any atom is 0.170 e. The van der Waals surface area contributed by atoms with Crippen LogP contribution in [0, 0.1) is 6.92 Å². The van der Waals surface area contributed by atoms with Crippen LogP contribution in [0.2, 0.25) is 5.02 Å². The Morgan fingerprint density at radius 2 is 2.07 bits per heavy atom. The number of nitrogens with one attached hydrogen (secondary N) is 1. The molecule has 2 N–H and O–H groups in total. The number of aliphatic hydroxyl groups excluding tert-OH is 1. The van der Waals surface area contributed by atoms with Crippen LogP contribution >= 0.6 is 23.8 Å². The van der Waals surface area contributed by atoms with Gasteiger partial charge in [0.1, 0.15) is 0 Å². The van der Waals surface area contributed by atoms with E-state index in [0.29, 0.717) is 18.1 Å². The van der Waals surface area contributed by atoms with Gasteiger partial charge in [-0.3, -0.25) is 4.98 Å². The van der Waals surface area contributed by atoms with Crippen molar-refractivity contribution in [3.63, 3.8) is 0 Å². The van der Waals surface area contributed by atoms with E-state index >= 15 is 0 Å². The van der Waals surface area contributed by atoms with Crippen molar-refractivity contribution >= 4 is 28.9 Å². The molecule has 5 nitrogen and oxygen atoms in total. The molecule has 3 heterocycles. The van der Waals surface area contributed by atoms with Gasteiger partial charge in [0.05, 0.1) is 17.8 Å². The lowest BCUT2D eigenvalue weighted by atomic mass is 10.0. The largest absolute Gasteiger partial charge is 0.396 e. The Morgan fingerprint density at radius 1 is 1.21 bits per heavy atom. The van der Waals surface area contributed by atoms with Crippen LogP contribution in [0.15, 0.2) is 60.9 Å². The van der Waals surface area contributed by atoms with Crippen LogP contribution in [0.1, 0.15) is 35.5 Å². The fourth-order valence-corrected chi connectivity index (χ4v) is 4.31. The molecule has 0 aliphatic carbocycles. The van der Waals surface area contributed by atoms with Crippen LogP contribution < -0.4 is 5.32 Å². The third-order valence-electron chi connectivity index (χ3n) is 5.26. The minimum absolute atomic E-state index is 0.0464. The van der Waals surface area contributed by atoms with Crippen LogP contribution in [0.25, 0.3) is 5.69 Å². The molecule has 1 fully saturated rings. The fourth-order valence-electron chi connectivity index (χ4n) is 3.86. The molecule has 0 unspecified atom stereocenters. The monoisotopic (exact) mass is 426 g/mol. The second-order valence-electron chi connectivity index (χ2n) is 7.13. The number of hydrogen-bond donors (Lipinski definition) is 2. The molecule has 0 amide bonds. The van der Waals surface area contributed by atoms with Gasteiger partial charge in [0.15, 0.2) is 5.11 Å². The van der Waals surface area contributed by atoms with Crippen LogP contribution in [0.4, 0.5) is 0 Å². The van der Waals surface area contributed by atoms with E-state index < -0.39 is 0 Å². The van der Waals surface area contributed by atoms with Gasteiger partial charge in [0.2, 0.25) is 0 Å². The van der Waals surface area contributed by atoms with E-state index in [9.17, 15) is 5.11 Å². The van der Waals surface area contributed by atoms with Gasteiger partial charge in [-0.05, 0) is 73.6 Å². The summed E-state index contributed by atoms with van der Waals surface area (Å²) in [5.41, 5.74) is 4.12. The zero-order chi connectivity index (χ0) is 20.4. The summed E-state index contributed by atoms with van der Waals surface area (Å²) < 4.78 is 2.17. The van der Waals surface area contributed by atoms with Crippen molar-refractivity contribution in [1.82, 2.24) is 19.8 Å². The highest BCUT2D eigenvalue weighted by molar-refractivity contribution is 7.80. The fraction of sp³-hybridized carbons (Fsp3) is 0.273. The Labute approximate surface area is 180 Å². The zero-order valence-electron chi connectivity index (χ0n) is 16.1. The van der Waals surface area contributed by atoms with E-state index in [2.05, 4.69) is 38.1 Å². The van der Waals surface area contributed by atoms with Gasteiger partial charge in [0.25, 0.3) is 0 Å². The molecule has 3 aromatic rings. The quantitative estimate of drug-likeness (QED) is 0.579. The zero-order valence-corrected chi connectivity index (χ0v) is 17.7. The lowest BCUT2D eigenvalue weighted by molar-refractivity contribution is 0.245. The number of aromatic nitrogens is 2. The molecule has 7 heteroatoms. The van der Waals surface area contributed by atoms with E-state index in [1.807, 2.05) is 43.3 Å². The van der Waals surface area contributed by atoms with Crippen molar-refractivity contribution in [1.29, 1.82) is 0 Å². The summed E-state index contributed by atoms with van der Waals surface area (Å²) in [5, 5.41) is 14.3. The predicted octanol–water partition coefficient (Wildman–Crippen LogP) is 4.19. The maximum absolute atomic E-state index is 9.38. The Balaban J connectivity index is 1.79. The van der Waals surface area contributed by atoms with E-state index in [1.54, 1.807) is 6.20 Å². The molecule has 1 aromatic carbocycles. The van der Waals surface area contributed by atoms with Gasteiger partial charge >= 0.3 is 0 Å². The first-order valence-corrected chi connectivity index (χ1v) is 10.4. The smallest absolute Gasteiger partial charge is 0.170 e. The number of aryl methyl sites for hydroxylation is 1. The van der Waals surface area contributed by atoms with Crippen molar-refractivity contribution in [3.8, 4) is 5.69 Å². The normalized spacial score (nSPS) is 18.9. The molecule has 2 aromatic heterocycles. The number of thiocarbonyl (C=S) groups is 1. The number of hydrogen-bond acceptors (Lipinski definition) is 3. The van der Waals surface area contributed by atoms with Crippen LogP contribution in [0.5, 0.6) is 0 Å². The number of rotatable bonds is 6. The first-order chi connectivity index (χ1) is 14.1. The Kier molecular flexibility index (Phi) is 5.85. The van der Waals surface area contributed by atoms with Crippen LogP contribution in [-0.4, -0.2) is 37.8 Å². The third kappa shape index (κ3) is 3.88. The molecule has 0 radical (unpaired) electrons. The summed E-state index contributed by atoms with van der Waals surface area (Å²) in [7, 11) is 0. The Hall–Kier alpha value is -2.41. The van der Waals surface area contributed by atoms with E-state index in [1.165, 1.54) is 0 Å². The highest BCUT2D eigenvalue weighted by Gasteiger charge is 2.40. The van der Waals surface area contributed by atoms with Crippen molar-refractivity contribution in [2.45, 2.75) is 25.4 Å². The van der Waals surface area contributed by atoms with E-state index in [0.717, 1.165) is 27.7 Å². The summed E-state index contributed by atoms with van der Waals surface area (Å²) in [4.78, 5) is 6.73. The molecule has 1 aliphatic heterocycles. The van der Waals surface area contributed by atoms with Gasteiger partial charge in [-0.25, -0.2) is 0 Å². The molecule has 0 bridgehead atoms. The van der Waals surface area contributed by atoms with Crippen molar-refractivity contribution in [3.05, 3.63) is 82.9 Å². The predicted molar refractivity (Wildman–Crippen MR) is 119 cm³/mol. The van der Waals surface area contributed by atoms with Crippen molar-refractivity contribution < 1.29 is 5.11 Å². The summed E-state index contributed by atoms with van der Waals surface area (Å²) in [6.07, 6.45) is 4.50. The number of aliphatic hydroxyl groups is 1. The lowest BCUT2D eigenvalue weighted by Crippen LogP contribution is -2.31. The first-order valence-electron chi connectivity index (χ1n) is 9.63. The molecule has 1 aliphatic rings. The Morgan fingerprint density at radius 3 is 2.79 bits per heavy atom. The molecule has 0 saturated carbocycles. The summed E-state index contributed by atoms with van der Waals surface area (Å²) in [6, 6.07) is 16.0. The SMILES string of the molecule is Cc1cc(-n2cccc2[C@@H]2[C@H](c3ccccn3)NC(=S)N2CCCO)ccc1Cl. The first kappa shape index (κ1) is 19.9. The molecular formula is C22H23ClN4OS. The second kappa shape index (κ2) is 8.53. The molecule has 0 spiro atoms. The number of benzene rings is 1. The van der Waals surface area contributed by atoms with Crippen LogP contribution in [0.3, 0.4) is 0 Å². The standard InChI is InChI=1S/C22H23ClN4OS/c1-15-14-16(8-9-17(15)23)26-11-4-7-19(26)21-20(18-6-2-3-10-24-18)25-22(29)27(21)12-5-13-28/h2-4,6-11,14,20-21,28H,5,12-13H2,1H3,(H,25,29)/t20-,21+/m0/s1. The van der Waals surface area contributed by atoms with Gasteiger partial charge in [-0.2, -0.15) is 0 Å².